The Bertz CT molecular complexity index is 1830. The number of esters is 1. The van der Waals surface area contributed by atoms with E-state index in [1.54, 1.807) is 0 Å². The molecule has 3 atom stereocenters. The van der Waals surface area contributed by atoms with Gasteiger partial charge in [0, 0.05) is 5.56 Å². The van der Waals surface area contributed by atoms with E-state index in [9.17, 15) is 9.59 Å². The Balaban J connectivity index is 0.00000337. The third kappa shape index (κ3) is 4.14. The van der Waals surface area contributed by atoms with Crippen molar-refractivity contribution >= 4 is 64.7 Å². The predicted octanol–water partition coefficient (Wildman–Crippen LogP) is 3.68. The minimum atomic E-state index is -1.08. The average molecular weight is 557 g/mol. The summed E-state index contributed by atoms with van der Waals surface area (Å²) in [6.45, 7) is 16.4. The zero-order chi connectivity index (χ0) is 28.6. The van der Waals surface area contributed by atoms with E-state index in [2.05, 4.69) is 34.3 Å². The van der Waals surface area contributed by atoms with Gasteiger partial charge in [0.1, 0.15) is 5.92 Å². The third-order valence-electron chi connectivity index (χ3n) is 8.97. The smallest absolute Gasteiger partial charge is 0.664 e. The quantitative estimate of drug-likeness (QED) is 0.277. The first kappa shape index (κ1) is 29.0. The normalized spacial score (nSPS) is 25.3. The van der Waals surface area contributed by atoms with Gasteiger partial charge >= 0.3 is 29.0 Å². The Morgan fingerprint density at radius 2 is 1.63 bits per heavy atom. The molecule has 1 fully saturated rings. The SMILES string of the molecule is C=Cc1c2[n-]c(c1C)/C=C1\[N-]/C(=C3\c4[n-]c(c(C)c4C(=O)[C@@H]3C(=O)OC)/C=c3\[n-]/c(c(C)c3CC)=C\2)[C@@H](C)[C@@H]1C.[Mg+2]. The molecule has 0 amide bonds. The summed E-state index contributed by atoms with van der Waals surface area (Å²) in [5.74, 6) is -1.95. The van der Waals surface area contributed by atoms with Crippen LogP contribution in [0.2, 0.25) is 0 Å². The fourth-order valence-electron chi connectivity index (χ4n) is 6.38. The average Bonchev–Trinajstić information content (AvgIpc) is 3.66. The minimum absolute atomic E-state index is 0. The van der Waals surface area contributed by atoms with Crippen LogP contribution in [0.3, 0.4) is 0 Å². The summed E-state index contributed by atoms with van der Waals surface area (Å²) >= 11 is 0. The third-order valence-corrected chi connectivity index (χ3v) is 8.97. The largest absolute Gasteiger partial charge is 2.00 e. The van der Waals surface area contributed by atoms with Crippen molar-refractivity contribution in [3.63, 3.8) is 0 Å². The van der Waals surface area contributed by atoms with E-state index in [4.69, 9.17) is 25.0 Å². The van der Waals surface area contributed by atoms with Crippen molar-refractivity contribution < 1.29 is 14.3 Å². The fourth-order valence-corrected chi connectivity index (χ4v) is 6.38. The summed E-state index contributed by atoms with van der Waals surface area (Å²) < 4.78 is 5.11. The molecule has 7 nitrogen and oxygen atoms in total. The number of rotatable bonds is 3. The number of carbonyl (C=O) groups excluding carboxylic acids is 2. The minimum Gasteiger partial charge on any atom is -0.664 e. The van der Waals surface area contributed by atoms with E-state index in [0.717, 1.165) is 62.0 Å². The van der Waals surface area contributed by atoms with Crippen molar-refractivity contribution in [2.75, 3.05) is 7.11 Å². The first-order chi connectivity index (χ1) is 19.1. The summed E-state index contributed by atoms with van der Waals surface area (Å²) in [6, 6.07) is 0. The van der Waals surface area contributed by atoms with E-state index < -0.39 is 11.9 Å². The van der Waals surface area contributed by atoms with Crippen LogP contribution in [-0.4, -0.2) is 41.9 Å². The van der Waals surface area contributed by atoms with Gasteiger partial charge in [-0.05, 0) is 44.6 Å². The van der Waals surface area contributed by atoms with Gasteiger partial charge in [-0.2, -0.15) is 11.4 Å². The second kappa shape index (κ2) is 10.4. The number of ether oxygens (including phenoxy) is 1. The molecule has 0 spiro atoms. The molecule has 2 aliphatic heterocycles. The molecule has 3 aliphatic rings. The topological polar surface area (TPSA) is 99.8 Å². The van der Waals surface area contributed by atoms with Crippen LogP contribution < -0.4 is 25.7 Å². The first-order valence-corrected chi connectivity index (χ1v) is 13.7. The van der Waals surface area contributed by atoms with Gasteiger partial charge < -0.3 is 25.0 Å². The van der Waals surface area contributed by atoms with Gasteiger partial charge in [0.2, 0.25) is 0 Å². The molecule has 5 heterocycles. The molecule has 41 heavy (non-hydrogen) atoms. The molecular formula is C33H32MgN4O3-2. The monoisotopic (exact) mass is 556 g/mol. The van der Waals surface area contributed by atoms with Crippen LogP contribution in [-0.2, 0) is 16.0 Å². The summed E-state index contributed by atoms with van der Waals surface area (Å²) in [6.07, 6.45) is 8.64. The summed E-state index contributed by atoms with van der Waals surface area (Å²) in [5.41, 5.74) is 10.4. The maximum atomic E-state index is 13.8. The Morgan fingerprint density at radius 1 is 0.951 bits per heavy atom. The molecular weight excluding hydrogens is 525 g/mol. The molecule has 6 rings (SSSR count). The number of allylic oxidation sites excluding steroid dienone is 2. The molecule has 206 valence electrons. The van der Waals surface area contributed by atoms with Crippen molar-refractivity contribution in [3.8, 4) is 0 Å². The molecule has 0 aromatic carbocycles. The van der Waals surface area contributed by atoms with Crippen LogP contribution in [0, 0.1) is 38.5 Å². The van der Waals surface area contributed by atoms with Crippen LogP contribution in [0.5, 0.6) is 0 Å². The molecule has 0 radical (unpaired) electrons. The van der Waals surface area contributed by atoms with Gasteiger partial charge in [-0.1, -0.05) is 79.5 Å². The first-order valence-electron chi connectivity index (χ1n) is 13.7. The Morgan fingerprint density at radius 3 is 2.29 bits per heavy atom. The second-order valence-corrected chi connectivity index (χ2v) is 11.0. The van der Waals surface area contributed by atoms with Crippen molar-refractivity contribution in [2.24, 2.45) is 17.8 Å². The number of hydrogen-bond acceptors (Lipinski definition) is 3. The van der Waals surface area contributed by atoms with Gasteiger partial charge in [0.25, 0.3) is 0 Å². The second-order valence-electron chi connectivity index (χ2n) is 11.0. The number of Topliss-reactive ketones (excluding diaryl/α,β-unsaturated/α-hetero) is 1. The number of nitrogens with zero attached hydrogens (tertiary/aromatic N) is 4. The van der Waals surface area contributed by atoms with Crippen LogP contribution in [0.15, 0.2) is 18.0 Å². The van der Waals surface area contributed by atoms with Gasteiger partial charge in [-0.15, -0.1) is 33.5 Å². The number of hydrogen-bond donors (Lipinski definition) is 0. The Kier molecular flexibility index (Phi) is 7.36. The van der Waals surface area contributed by atoms with Crippen molar-refractivity contribution in [3.05, 3.63) is 90.1 Å². The molecule has 8 bridgehead atoms. The predicted molar refractivity (Wildman–Crippen MR) is 162 cm³/mol. The summed E-state index contributed by atoms with van der Waals surface area (Å²) in [4.78, 5) is 41.8. The fraction of sp³-hybridized carbons (Fsp3) is 0.333. The van der Waals surface area contributed by atoms with Gasteiger partial charge in [-0.3, -0.25) is 9.59 Å². The van der Waals surface area contributed by atoms with E-state index in [1.807, 2.05) is 38.2 Å². The zero-order valence-electron chi connectivity index (χ0n) is 24.7. The molecule has 1 saturated heterocycles. The van der Waals surface area contributed by atoms with E-state index in [1.165, 1.54) is 7.11 Å². The Labute approximate surface area is 256 Å². The number of fused-ring (bicyclic) bond motifs is 7. The van der Waals surface area contributed by atoms with E-state index in [0.29, 0.717) is 28.2 Å². The van der Waals surface area contributed by atoms with E-state index >= 15 is 0 Å². The van der Waals surface area contributed by atoms with Crippen molar-refractivity contribution in [1.29, 1.82) is 0 Å². The van der Waals surface area contributed by atoms with Crippen LogP contribution in [0.4, 0.5) is 0 Å². The number of aromatic nitrogens is 3. The molecule has 8 heteroatoms. The Hall–Kier alpha value is -3.49. The molecule has 3 aromatic rings. The maximum absolute atomic E-state index is 13.8. The standard InChI is InChI=1S/C33H33N4O3.Mg/c1-9-19-16(5)22-11-21-14(3)15(4)30(36-21)28-29(33(39)40-8)32(38)27-18(7)24(37-31(27)28)13-26-20(10-2)17(6)23(35-26)12-25(19)34-22;/h9,11-15,29H,1,10H2,2-8H3,(H-,36,37,38);/q-3;+2/p-1/b21-11-,23-12-,26-13-;/t14-,15-,29+;/m0./s1. The van der Waals surface area contributed by atoms with Crippen molar-refractivity contribution in [2.45, 2.75) is 48.0 Å². The van der Waals surface area contributed by atoms with Crippen LogP contribution in [0.1, 0.15) is 81.7 Å². The zero-order valence-corrected chi connectivity index (χ0v) is 26.1. The van der Waals surface area contributed by atoms with Gasteiger partial charge in [-0.25, -0.2) is 0 Å². The number of carbonyl (C=O) groups is 2. The van der Waals surface area contributed by atoms with E-state index in [-0.39, 0.29) is 40.7 Å². The molecule has 0 saturated carbocycles. The van der Waals surface area contributed by atoms with Crippen LogP contribution in [0.25, 0.3) is 35.2 Å². The molecule has 0 unspecified atom stereocenters. The molecule has 1 aliphatic carbocycles. The maximum Gasteiger partial charge on any atom is 2.00 e. The summed E-state index contributed by atoms with van der Waals surface area (Å²) in [5, 5.41) is 6.73. The van der Waals surface area contributed by atoms with Crippen LogP contribution >= 0.6 is 0 Å². The number of methoxy groups -OCH3 is 1. The number of ketones is 1. The van der Waals surface area contributed by atoms with Crippen molar-refractivity contribution in [1.82, 2.24) is 15.0 Å². The summed E-state index contributed by atoms with van der Waals surface area (Å²) in [7, 11) is 1.31. The molecule has 0 N–H and O–H groups in total. The van der Waals surface area contributed by atoms with Gasteiger partial charge in [0.05, 0.1) is 7.11 Å². The molecule has 3 aromatic heterocycles. The van der Waals surface area contributed by atoms with Gasteiger partial charge in [0.15, 0.2) is 5.78 Å².